The first kappa shape index (κ1) is 23.4. The second-order valence-corrected chi connectivity index (χ2v) is 8.16. The number of hydrogen-bond acceptors (Lipinski definition) is 5. The number of rotatable bonds is 7. The number of nitrogens with one attached hydrogen (secondary N) is 2. The summed E-state index contributed by atoms with van der Waals surface area (Å²) >= 11 is 0. The number of halogens is 4. The number of carbonyl (C=O) groups is 1. The molecule has 7 nitrogen and oxygen atoms in total. The predicted molar refractivity (Wildman–Crippen MR) is 101 cm³/mol. The molecule has 1 unspecified atom stereocenters. The lowest BCUT2D eigenvalue weighted by molar-refractivity contribution is -0.141. The van der Waals surface area contributed by atoms with E-state index in [9.17, 15) is 30.8 Å². The number of carbonyl (C=O) groups excluding carboxylic acids is 1. The number of alkyl halides is 3. The van der Waals surface area contributed by atoms with Crippen molar-refractivity contribution < 1.29 is 35.5 Å². The van der Waals surface area contributed by atoms with Crippen molar-refractivity contribution in [2.75, 3.05) is 18.1 Å². The van der Waals surface area contributed by atoms with Crippen LogP contribution in [0.15, 0.2) is 30.3 Å². The normalized spacial score (nSPS) is 12.9. The van der Waals surface area contributed by atoms with Crippen LogP contribution in [0.25, 0.3) is 0 Å². The molecule has 0 spiro atoms. The molecule has 1 atom stereocenters. The lowest BCUT2D eigenvalue weighted by atomic mass is 9.99. The van der Waals surface area contributed by atoms with E-state index >= 15 is 0 Å². The Labute approximate surface area is 170 Å². The monoisotopic (exact) mass is 449 g/mol. The topological polar surface area (TPSA) is 97.4 Å². The van der Waals surface area contributed by atoms with Gasteiger partial charge >= 0.3 is 6.18 Å². The van der Waals surface area contributed by atoms with Crippen molar-refractivity contribution >= 4 is 21.6 Å². The summed E-state index contributed by atoms with van der Waals surface area (Å²) in [6, 6.07) is 5.53. The van der Waals surface area contributed by atoms with Gasteiger partial charge in [-0.15, -0.1) is 0 Å². The summed E-state index contributed by atoms with van der Waals surface area (Å²) in [5.74, 6) is -2.48. The third-order valence-electron chi connectivity index (χ3n) is 4.06. The van der Waals surface area contributed by atoms with E-state index in [1.54, 1.807) is 0 Å². The Balaban J connectivity index is 2.10. The average molecular weight is 449 g/mol. The second-order valence-electron chi connectivity index (χ2n) is 6.42. The zero-order valence-corrected chi connectivity index (χ0v) is 17.0. The van der Waals surface area contributed by atoms with Gasteiger partial charge in [0.1, 0.15) is 11.5 Å². The van der Waals surface area contributed by atoms with Crippen LogP contribution >= 0.6 is 0 Å². The van der Waals surface area contributed by atoms with E-state index in [2.05, 4.69) is 10.3 Å². The van der Waals surface area contributed by atoms with E-state index in [1.165, 1.54) is 19.1 Å². The molecule has 164 valence electrons. The minimum atomic E-state index is -4.63. The van der Waals surface area contributed by atoms with Crippen LogP contribution in [-0.4, -0.2) is 32.7 Å². The van der Waals surface area contributed by atoms with Gasteiger partial charge in [0.15, 0.2) is 0 Å². The molecule has 1 aromatic carbocycles. The van der Waals surface area contributed by atoms with Crippen LogP contribution in [0.5, 0.6) is 5.88 Å². The van der Waals surface area contributed by atoms with Crippen molar-refractivity contribution in [1.82, 2.24) is 10.3 Å². The van der Waals surface area contributed by atoms with Crippen molar-refractivity contribution in [2.24, 2.45) is 0 Å². The van der Waals surface area contributed by atoms with Gasteiger partial charge < -0.3 is 10.1 Å². The molecular formula is C18H19F4N3O4S. The minimum Gasteiger partial charge on any atom is -0.481 e. The van der Waals surface area contributed by atoms with E-state index < -0.39 is 39.5 Å². The van der Waals surface area contributed by atoms with Crippen LogP contribution in [0.4, 0.5) is 23.2 Å². The minimum absolute atomic E-state index is 0.159. The molecule has 1 heterocycles. The van der Waals surface area contributed by atoms with E-state index in [1.807, 2.05) is 4.72 Å². The Morgan fingerprint density at radius 3 is 2.43 bits per heavy atom. The Morgan fingerprint density at radius 2 is 1.90 bits per heavy atom. The predicted octanol–water partition coefficient (Wildman–Crippen LogP) is 3.04. The summed E-state index contributed by atoms with van der Waals surface area (Å²) in [6.45, 7) is 1.34. The fraction of sp³-hybridized carbons (Fsp3) is 0.333. The SMILES string of the molecule is COc1nc(C(F)(F)F)ccc1CNC(=O)C(C)c1ccc(NS(C)(=O)=O)c(F)c1. The lowest BCUT2D eigenvalue weighted by Gasteiger charge is -2.15. The third-order valence-corrected chi connectivity index (χ3v) is 4.65. The zero-order valence-electron chi connectivity index (χ0n) is 16.2. The Kier molecular flexibility index (Phi) is 6.91. The van der Waals surface area contributed by atoms with Crippen molar-refractivity contribution in [3.05, 3.63) is 53.0 Å². The fourth-order valence-electron chi connectivity index (χ4n) is 2.51. The van der Waals surface area contributed by atoms with Gasteiger partial charge in [0.05, 0.1) is 25.0 Å². The number of methoxy groups -OCH3 is 1. The molecule has 0 aliphatic rings. The number of hydrogen-bond donors (Lipinski definition) is 2. The van der Waals surface area contributed by atoms with E-state index in [0.29, 0.717) is 0 Å². The zero-order chi connectivity index (χ0) is 22.7. The van der Waals surface area contributed by atoms with Crippen molar-refractivity contribution in [1.29, 1.82) is 0 Å². The first-order chi connectivity index (χ1) is 13.8. The fourth-order valence-corrected chi connectivity index (χ4v) is 3.07. The molecular weight excluding hydrogens is 430 g/mol. The van der Waals surface area contributed by atoms with Crippen LogP contribution in [0.1, 0.15) is 29.7 Å². The summed E-state index contributed by atoms with van der Waals surface area (Å²) in [6.07, 6.45) is -3.76. The highest BCUT2D eigenvalue weighted by Gasteiger charge is 2.33. The number of pyridine rings is 1. The van der Waals surface area contributed by atoms with Gasteiger partial charge in [-0.2, -0.15) is 13.2 Å². The molecule has 1 aromatic heterocycles. The number of sulfonamides is 1. The summed E-state index contributed by atoms with van der Waals surface area (Å²) in [7, 11) is -2.51. The maximum Gasteiger partial charge on any atom is 0.433 e. The maximum atomic E-state index is 14.1. The molecule has 0 radical (unpaired) electrons. The summed E-state index contributed by atoms with van der Waals surface area (Å²) in [4.78, 5) is 15.8. The van der Waals surface area contributed by atoms with Gasteiger partial charge in [-0.1, -0.05) is 6.07 Å². The Morgan fingerprint density at radius 1 is 1.23 bits per heavy atom. The van der Waals surface area contributed by atoms with Crippen LogP contribution in [0, 0.1) is 5.82 Å². The number of anilines is 1. The highest BCUT2D eigenvalue weighted by molar-refractivity contribution is 7.92. The molecule has 0 aliphatic heterocycles. The van der Waals surface area contributed by atoms with Crippen LogP contribution < -0.4 is 14.8 Å². The highest BCUT2D eigenvalue weighted by atomic mass is 32.2. The molecule has 2 rings (SSSR count). The Hall–Kier alpha value is -2.89. The van der Waals surface area contributed by atoms with Gasteiger partial charge in [0, 0.05) is 12.1 Å². The van der Waals surface area contributed by atoms with E-state index in [-0.39, 0.29) is 29.2 Å². The molecule has 0 bridgehead atoms. The molecule has 0 saturated carbocycles. The standard InChI is InChI=1S/C18H19F4N3O4S/c1-10(11-4-6-14(13(19)8-11)25-30(3,27)28)16(26)23-9-12-5-7-15(18(20,21)22)24-17(12)29-2/h4-8,10,25H,9H2,1-3H3,(H,23,26). The molecule has 0 aliphatic carbocycles. The number of aromatic nitrogens is 1. The number of amides is 1. The van der Waals surface area contributed by atoms with Gasteiger partial charge in [-0.05, 0) is 36.8 Å². The summed E-state index contributed by atoms with van der Waals surface area (Å²) in [5, 5.41) is 2.53. The average Bonchev–Trinajstić information content (AvgIpc) is 2.65. The van der Waals surface area contributed by atoms with E-state index in [4.69, 9.17) is 4.74 Å². The van der Waals surface area contributed by atoms with Gasteiger partial charge in [-0.3, -0.25) is 9.52 Å². The molecule has 2 N–H and O–H groups in total. The van der Waals surface area contributed by atoms with Crippen molar-refractivity contribution in [3.8, 4) is 5.88 Å². The summed E-state index contributed by atoms with van der Waals surface area (Å²) < 4.78 is 81.6. The molecule has 0 fully saturated rings. The van der Waals surface area contributed by atoms with Crippen molar-refractivity contribution in [3.63, 3.8) is 0 Å². The first-order valence-electron chi connectivity index (χ1n) is 8.48. The number of ether oxygens (including phenoxy) is 1. The maximum absolute atomic E-state index is 14.1. The van der Waals surface area contributed by atoms with Crippen LogP contribution in [-0.2, 0) is 27.5 Å². The quantitative estimate of drug-likeness (QED) is 0.634. The lowest BCUT2D eigenvalue weighted by Crippen LogP contribution is -2.28. The van der Waals surface area contributed by atoms with Crippen molar-refractivity contribution in [2.45, 2.75) is 25.6 Å². The Bertz CT molecular complexity index is 1040. The largest absolute Gasteiger partial charge is 0.481 e. The van der Waals surface area contributed by atoms with Gasteiger partial charge in [0.25, 0.3) is 0 Å². The highest BCUT2D eigenvalue weighted by Crippen LogP contribution is 2.30. The first-order valence-corrected chi connectivity index (χ1v) is 10.4. The second kappa shape index (κ2) is 8.86. The number of benzene rings is 1. The third kappa shape index (κ3) is 6.05. The number of nitrogens with zero attached hydrogens (tertiary/aromatic N) is 1. The van der Waals surface area contributed by atoms with Gasteiger partial charge in [-0.25, -0.2) is 17.8 Å². The smallest absolute Gasteiger partial charge is 0.433 e. The van der Waals surface area contributed by atoms with Crippen LogP contribution in [0.2, 0.25) is 0 Å². The van der Waals surface area contributed by atoms with E-state index in [0.717, 1.165) is 31.6 Å². The van der Waals surface area contributed by atoms with Gasteiger partial charge in [0.2, 0.25) is 21.8 Å². The molecule has 12 heteroatoms. The molecule has 1 amide bonds. The molecule has 30 heavy (non-hydrogen) atoms. The molecule has 0 saturated heterocycles. The molecule has 2 aromatic rings. The van der Waals surface area contributed by atoms with Crippen LogP contribution in [0.3, 0.4) is 0 Å². The summed E-state index contributed by atoms with van der Waals surface area (Å²) in [5.41, 5.74) is -0.873.